The highest BCUT2D eigenvalue weighted by Crippen LogP contribution is 2.21. The van der Waals surface area contributed by atoms with Gasteiger partial charge in [0.2, 0.25) is 5.91 Å². The number of likely N-dealkylation sites (N-methyl/N-ethyl adjacent to an activating group) is 1. The van der Waals surface area contributed by atoms with Crippen molar-refractivity contribution in [3.8, 4) is 0 Å². The number of urea groups is 1. The molecule has 268 valence electrons. The zero-order valence-corrected chi connectivity index (χ0v) is 31.5. The monoisotopic (exact) mass is 718 g/mol. The van der Waals surface area contributed by atoms with Crippen LogP contribution in [0.15, 0.2) is 77.6 Å². The summed E-state index contributed by atoms with van der Waals surface area (Å²) >= 11 is 3.03. The van der Waals surface area contributed by atoms with Crippen molar-refractivity contribution in [2.75, 3.05) is 14.1 Å². The molecule has 2 aromatic heterocycles. The molecule has 4 amide bonds. The molecule has 3 atom stereocenters. The first kappa shape index (κ1) is 38.5. The van der Waals surface area contributed by atoms with Crippen LogP contribution in [-0.4, -0.2) is 70.0 Å². The van der Waals surface area contributed by atoms with Crippen molar-refractivity contribution in [3.05, 3.63) is 104 Å². The fourth-order valence-corrected chi connectivity index (χ4v) is 6.93. The van der Waals surface area contributed by atoms with E-state index in [0.29, 0.717) is 38.1 Å². The highest BCUT2D eigenvalue weighted by Gasteiger charge is 2.29. The van der Waals surface area contributed by atoms with E-state index < -0.39 is 12.1 Å². The van der Waals surface area contributed by atoms with Gasteiger partial charge in [-0.05, 0) is 42.7 Å². The molecule has 0 radical (unpaired) electrons. The van der Waals surface area contributed by atoms with Gasteiger partial charge < -0.3 is 25.2 Å². The molecular weight excluding hydrogens is 669 g/mol. The van der Waals surface area contributed by atoms with E-state index in [1.165, 1.54) is 11.3 Å². The number of nitrogens with zero attached hydrogens (tertiary/aromatic N) is 4. The molecule has 0 spiro atoms. The molecule has 4 aromatic rings. The van der Waals surface area contributed by atoms with Gasteiger partial charge in [-0.2, -0.15) is 0 Å². The molecule has 2 aromatic carbocycles. The van der Waals surface area contributed by atoms with E-state index in [-0.39, 0.29) is 36.5 Å². The third kappa shape index (κ3) is 11.9. The number of ether oxygens (including phenoxy) is 1. The fourth-order valence-electron chi connectivity index (χ4n) is 5.58. The third-order valence-corrected chi connectivity index (χ3v) is 10.5. The number of carbonyl (C=O) groups excluding carboxylic acids is 3. The Morgan fingerprint density at radius 3 is 2.10 bits per heavy atom. The quantitative estimate of drug-likeness (QED) is 0.119. The first-order valence-corrected chi connectivity index (χ1v) is 18.9. The number of hydrogen-bond donors (Lipinski definition) is 2. The van der Waals surface area contributed by atoms with Crippen molar-refractivity contribution in [2.45, 2.75) is 90.6 Å². The van der Waals surface area contributed by atoms with Gasteiger partial charge in [-0.25, -0.2) is 19.6 Å². The SMILES string of the molecule is CC(C)c1nc(CN(C)C(=O)N[C@H](C(=O)N[C@H](CC[C@H](Cc2ccccc2)N(C)C(=O)OCc2nccs2)Cc2ccccc2)C(C)C)cs1. The number of rotatable bonds is 17. The lowest BCUT2D eigenvalue weighted by Gasteiger charge is -2.31. The van der Waals surface area contributed by atoms with Gasteiger partial charge in [0.05, 0.1) is 17.2 Å². The lowest BCUT2D eigenvalue weighted by molar-refractivity contribution is -0.124. The maximum atomic E-state index is 13.9. The summed E-state index contributed by atoms with van der Waals surface area (Å²) in [5, 5.41) is 11.8. The van der Waals surface area contributed by atoms with Crippen molar-refractivity contribution in [1.82, 2.24) is 30.4 Å². The molecule has 2 N–H and O–H groups in total. The fraction of sp³-hybridized carbons (Fsp3) is 0.447. The van der Waals surface area contributed by atoms with Crippen molar-refractivity contribution in [1.29, 1.82) is 0 Å². The normalized spacial score (nSPS) is 13.0. The Hall–Kier alpha value is -4.29. The molecule has 12 heteroatoms. The van der Waals surface area contributed by atoms with Gasteiger partial charge in [0.25, 0.3) is 0 Å². The number of amides is 4. The Morgan fingerprint density at radius 2 is 1.52 bits per heavy atom. The van der Waals surface area contributed by atoms with E-state index in [2.05, 4.69) is 46.6 Å². The Bertz CT molecular complexity index is 1610. The number of carbonyl (C=O) groups is 3. The van der Waals surface area contributed by atoms with Crippen LogP contribution in [0.25, 0.3) is 0 Å². The van der Waals surface area contributed by atoms with E-state index in [4.69, 9.17) is 4.74 Å². The van der Waals surface area contributed by atoms with E-state index in [1.54, 1.807) is 41.4 Å². The molecule has 50 heavy (non-hydrogen) atoms. The van der Waals surface area contributed by atoms with Crippen LogP contribution in [-0.2, 0) is 35.5 Å². The van der Waals surface area contributed by atoms with E-state index >= 15 is 0 Å². The topological polar surface area (TPSA) is 117 Å². The first-order valence-electron chi connectivity index (χ1n) is 17.1. The molecule has 0 fully saturated rings. The third-order valence-electron chi connectivity index (χ3n) is 8.51. The average molecular weight is 719 g/mol. The van der Waals surface area contributed by atoms with Gasteiger partial charge in [-0.3, -0.25) is 4.79 Å². The summed E-state index contributed by atoms with van der Waals surface area (Å²) in [5.41, 5.74) is 3.01. The smallest absolute Gasteiger partial charge is 0.410 e. The average Bonchev–Trinajstić information content (AvgIpc) is 3.81. The number of aromatic nitrogens is 2. The zero-order valence-electron chi connectivity index (χ0n) is 29.9. The van der Waals surface area contributed by atoms with Gasteiger partial charge >= 0.3 is 12.1 Å². The number of thiazole rings is 2. The minimum Gasteiger partial charge on any atom is -0.442 e. The van der Waals surface area contributed by atoms with Crippen molar-refractivity contribution >= 4 is 40.7 Å². The summed E-state index contributed by atoms with van der Waals surface area (Å²) in [5.74, 6) is -0.0714. The Labute approximate surface area is 304 Å². The van der Waals surface area contributed by atoms with E-state index in [0.717, 1.165) is 26.8 Å². The first-order chi connectivity index (χ1) is 24.0. The highest BCUT2D eigenvalue weighted by atomic mass is 32.1. The standard InChI is InChI=1S/C38H50N6O4S2/c1-26(2)34(42-37(46)43(5)23-31-25-50-36(41-31)27(3)4)35(45)40-30(21-28-13-9-7-10-14-28)17-18-32(22-29-15-11-8-12-16-29)44(6)38(47)48-24-33-39-19-20-49-33/h7-16,19-20,25-27,30,32,34H,17-18,21-24H2,1-6H3,(H,40,45)(H,42,46)/t30-,32-,34+/m1/s1. The molecule has 0 unspecified atom stereocenters. The maximum Gasteiger partial charge on any atom is 0.410 e. The molecule has 0 saturated heterocycles. The van der Waals surface area contributed by atoms with Crippen LogP contribution in [0, 0.1) is 5.92 Å². The highest BCUT2D eigenvalue weighted by molar-refractivity contribution is 7.09. The van der Waals surface area contributed by atoms with E-state index in [9.17, 15) is 14.4 Å². The summed E-state index contributed by atoms with van der Waals surface area (Å²) in [6.45, 7) is 8.50. The van der Waals surface area contributed by atoms with Crippen LogP contribution in [0.1, 0.15) is 73.3 Å². The van der Waals surface area contributed by atoms with Crippen LogP contribution in [0.3, 0.4) is 0 Å². The van der Waals surface area contributed by atoms with Gasteiger partial charge in [0.1, 0.15) is 17.7 Å². The van der Waals surface area contributed by atoms with Gasteiger partial charge in [-0.1, -0.05) is 88.4 Å². The summed E-state index contributed by atoms with van der Waals surface area (Å²) in [4.78, 5) is 52.5. The lowest BCUT2D eigenvalue weighted by atomic mass is 9.94. The van der Waals surface area contributed by atoms with Crippen LogP contribution in [0.2, 0.25) is 0 Å². The largest absolute Gasteiger partial charge is 0.442 e. The Balaban J connectivity index is 1.46. The van der Waals surface area contributed by atoms with Crippen molar-refractivity contribution in [2.24, 2.45) is 5.92 Å². The summed E-state index contributed by atoms with van der Waals surface area (Å²) in [7, 11) is 3.47. The Kier molecular flexibility index (Phi) is 14.8. The predicted molar refractivity (Wildman–Crippen MR) is 200 cm³/mol. The number of hydrogen-bond acceptors (Lipinski definition) is 8. The van der Waals surface area contributed by atoms with Crippen LogP contribution < -0.4 is 10.6 Å². The summed E-state index contributed by atoms with van der Waals surface area (Å²) in [6, 6.07) is 18.6. The molecule has 0 aliphatic heterocycles. The second-order valence-corrected chi connectivity index (χ2v) is 15.1. The summed E-state index contributed by atoms with van der Waals surface area (Å²) < 4.78 is 5.61. The minimum absolute atomic E-state index is 0.117. The second-order valence-electron chi connectivity index (χ2n) is 13.3. The molecule has 0 bridgehead atoms. The molecule has 2 heterocycles. The van der Waals surface area contributed by atoms with Gasteiger partial charge in [0, 0.05) is 49.1 Å². The number of nitrogens with one attached hydrogen (secondary N) is 2. The Morgan fingerprint density at radius 1 is 0.860 bits per heavy atom. The predicted octanol–water partition coefficient (Wildman–Crippen LogP) is 7.28. The van der Waals surface area contributed by atoms with Crippen LogP contribution in [0.4, 0.5) is 9.59 Å². The van der Waals surface area contributed by atoms with E-state index in [1.807, 2.05) is 73.1 Å². The van der Waals surface area contributed by atoms with Gasteiger partial charge in [0.15, 0.2) is 0 Å². The molecule has 10 nitrogen and oxygen atoms in total. The zero-order chi connectivity index (χ0) is 36.0. The molecule has 4 rings (SSSR count). The molecule has 0 aliphatic carbocycles. The molecule has 0 saturated carbocycles. The van der Waals surface area contributed by atoms with Gasteiger partial charge in [-0.15, -0.1) is 22.7 Å². The number of benzene rings is 2. The van der Waals surface area contributed by atoms with Crippen LogP contribution >= 0.6 is 22.7 Å². The molecule has 0 aliphatic rings. The molecular formula is C38H50N6O4S2. The van der Waals surface area contributed by atoms with Crippen molar-refractivity contribution < 1.29 is 19.1 Å². The van der Waals surface area contributed by atoms with Crippen LogP contribution in [0.5, 0.6) is 0 Å². The van der Waals surface area contributed by atoms with Crippen molar-refractivity contribution in [3.63, 3.8) is 0 Å². The summed E-state index contributed by atoms with van der Waals surface area (Å²) in [6.07, 6.45) is 3.71. The maximum absolute atomic E-state index is 13.9. The lowest BCUT2D eigenvalue weighted by Crippen LogP contribution is -2.54. The minimum atomic E-state index is -0.742. The second kappa shape index (κ2) is 19.2.